The Morgan fingerprint density at radius 2 is 1.60 bits per heavy atom. The van der Waals surface area contributed by atoms with Gasteiger partial charge in [0.15, 0.2) is 0 Å². The van der Waals surface area contributed by atoms with Crippen molar-refractivity contribution < 1.29 is 0 Å². The lowest BCUT2D eigenvalue weighted by Gasteiger charge is -2.04. The number of hydrogen-bond acceptors (Lipinski definition) is 1. The SMILES string of the molecule is CC.c1cnc2c(c1)CCCCCCC2. The molecule has 2 rings (SSSR count). The van der Waals surface area contributed by atoms with E-state index in [0.717, 1.165) is 0 Å². The highest BCUT2D eigenvalue weighted by molar-refractivity contribution is 5.20. The highest BCUT2D eigenvalue weighted by Gasteiger charge is 2.05. The van der Waals surface area contributed by atoms with Crippen LogP contribution in [0, 0.1) is 0 Å². The summed E-state index contributed by atoms with van der Waals surface area (Å²) in [5, 5.41) is 0. The Kier molecular flexibility index (Phi) is 6.06. The molecule has 1 aromatic rings. The predicted molar refractivity (Wildman–Crippen MR) is 66.1 cm³/mol. The molecule has 0 radical (unpaired) electrons. The number of fused-ring (bicyclic) bond motifs is 1. The third-order valence-corrected chi connectivity index (χ3v) is 2.84. The Morgan fingerprint density at radius 3 is 2.40 bits per heavy atom. The van der Waals surface area contributed by atoms with Gasteiger partial charge >= 0.3 is 0 Å². The molecule has 0 bridgehead atoms. The van der Waals surface area contributed by atoms with E-state index >= 15 is 0 Å². The topological polar surface area (TPSA) is 12.9 Å². The van der Waals surface area contributed by atoms with Crippen LogP contribution in [0.15, 0.2) is 18.3 Å². The van der Waals surface area contributed by atoms with Gasteiger partial charge in [-0.15, -0.1) is 0 Å². The molecule has 0 spiro atoms. The third kappa shape index (κ3) is 4.03. The molecule has 84 valence electrons. The molecule has 0 aromatic carbocycles. The Morgan fingerprint density at radius 1 is 0.933 bits per heavy atom. The number of hydrogen-bond donors (Lipinski definition) is 0. The van der Waals surface area contributed by atoms with Crippen LogP contribution in [0.1, 0.15) is 57.2 Å². The molecule has 0 atom stereocenters. The lowest BCUT2D eigenvalue weighted by Crippen LogP contribution is -1.96. The third-order valence-electron chi connectivity index (χ3n) is 2.84. The molecule has 1 aliphatic rings. The Balaban J connectivity index is 0.000000531. The number of nitrogens with zero attached hydrogens (tertiary/aromatic N) is 1. The summed E-state index contributed by atoms with van der Waals surface area (Å²) in [7, 11) is 0. The zero-order valence-corrected chi connectivity index (χ0v) is 10.1. The van der Waals surface area contributed by atoms with Crippen molar-refractivity contribution in [3.63, 3.8) is 0 Å². The first-order valence-electron chi connectivity index (χ1n) is 6.39. The maximum Gasteiger partial charge on any atom is 0.0435 e. The molecule has 0 amide bonds. The molecule has 0 aliphatic heterocycles. The molecule has 0 N–H and O–H groups in total. The maximum absolute atomic E-state index is 4.46. The highest BCUT2D eigenvalue weighted by Crippen LogP contribution is 2.17. The molecule has 0 fully saturated rings. The second-order valence-corrected chi connectivity index (χ2v) is 3.88. The van der Waals surface area contributed by atoms with Crippen LogP contribution in [0.2, 0.25) is 0 Å². The normalized spacial score (nSPS) is 16.1. The van der Waals surface area contributed by atoms with Gasteiger partial charge in [-0.25, -0.2) is 0 Å². The summed E-state index contributed by atoms with van der Waals surface area (Å²) in [6, 6.07) is 4.31. The fourth-order valence-corrected chi connectivity index (χ4v) is 2.06. The molecule has 1 aromatic heterocycles. The van der Waals surface area contributed by atoms with E-state index in [-0.39, 0.29) is 0 Å². The fourth-order valence-electron chi connectivity index (χ4n) is 2.06. The maximum atomic E-state index is 4.46. The molecule has 0 saturated heterocycles. The average molecular weight is 205 g/mol. The second kappa shape index (κ2) is 7.44. The van der Waals surface area contributed by atoms with E-state index < -0.39 is 0 Å². The van der Waals surface area contributed by atoms with Gasteiger partial charge < -0.3 is 0 Å². The summed E-state index contributed by atoms with van der Waals surface area (Å²) in [5.74, 6) is 0. The smallest absolute Gasteiger partial charge is 0.0435 e. The zero-order valence-electron chi connectivity index (χ0n) is 10.1. The molecular formula is C14H23N. The highest BCUT2D eigenvalue weighted by atomic mass is 14.7. The molecular weight excluding hydrogens is 182 g/mol. The van der Waals surface area contributed by atoms with Crippen molar-refractivity contribution in [3.8, 4) is 0 Å². The van der Waals surface area contributed by atoms with Crippen molar-refractivity contribution in [1.82, 2.24) is 4.98 Å². The van der Waals surface area contributed by atoms with Gasteiger partial charge in [0, 0.05) is 11.9 Å². The molecule has 15 heavy (non-hydrogen) atoms. The van der Waals surface area contributed by atoms with Crippen LogP contribution in [-0.2, 0) is 12.8 Å². The van der Waals surface area contributed by atoms with Crippen molar-refractivity contribution in [3.05, 3.63) is 29.6 Å². The van der Waals surface area contributed by atoms with Gasteiger partial charge in [0.25, 0.3) is 0 Å². The second-order valence-electron chi connectivity index (χ2n) is 3.88. The Hall–Kier alpha value is -0.850. The van der Waals surface area contributed by atoms with Crippen LogP contribution in [-0.4, -0.2) is 4.98 Å². The van der Waals surface area contributed by atoms with Crippen LogP contribution in [0.3, 0.4) is 0 Å². The van der Waals surface area contributed by atoms with E-state index in [4.69, 9.17) is 0 Å². The summed E-state index contributed by atoms with van der Waals surface area (Å²) in [5.41, 5.74) is 2.84. The number of rotatable bonds is 0. The van der Waals surface area contributed by atoms with Gasteiger partial charge in [-0.1, -0.05) is 39.2 Å². The number of aromatic nitrogens is 1. The van der Waals surface area contributed by atoms with E-state index in [1.807, 2.05) is 20.0 Å². The Bertz CT molecular complexity index is 241. The van der Waals surface area contributed by atoms with Crippen LogP contribution >= 0.6 is 0 Å². The van der Waals surface area contributed by atoms with Gasteiger partial charge in [0.05, 0.1) is 0 Å². The van der Waals surface area contributed by atoms with E-state index in [1.54, 1.807) is 0 Å². The largest absolute Gasteiger partial charge is 0.261 e. The van der Waals surface area contributed by atoms with Gasteiger partial charge in [-0.3, -0.25) is 4.98 Å². The first kappa shape index (κ1) is 12.2. The number of aryl methyl sites for hydroxylation is 2. The lowest BCUT2D eigenvalue weighted by molar-refractivity contribution is 0.628. The number of pyridine rings is 1. The molecule has 1 aliphatic carbocycles. The molecule has 1 heteroatoms. The van der Waals surface area contributed by atoms with Crippen LogP contribution in [0.25, 0.3) is 0 Å². The lowest BCUT2D eigenvalue weighted by atomic mass is 10.1. The first-order chi connectivity index (χ1) is 7.47. The summed E-state index contributed by atoms with van der Waals surface area (Å²) in [6.45, 7) is 4.00. The van der Waals surface area contributed by atoms with Gasteiger partial charge in [-0.2, -0.15) is 0 Å². The quantitative estimate of drug-likeness (QED) is 0.620. The van der Waals surface area contributed by atoms with Crippen LogP contribution in [0.4, 0.5) is 0 Å². The van der Waals surface area contributed by atoms with Gasteiger partial charge in [-0.05, 0) is 37.3 Å². The van der Waals surface area contributed by atoms with Gasteiger partial charge in [0.1, 0.15) is 0 Å². The zero-order chi connectivity index (χ0) is 10.9. The van der Waals surface area contributed by atoms with Crippen LogP contribution < -0.4 is 0 Å². The van der Waals surface area contributed by atoms with E-state index in [9.17, 15) is 0 Å². The summed E-state index contributed by atoms with van der Waals surface area (Å²) >= 11 is 0. The molecule has 1 heterocycles. The van der Waals surface area contributed by atoms with E-state index in [0.29, 0.717) is 0 Å². The summed E-state index contributed by atoms with van der Waals surface area (Å²) in [6.07, 6.45) is 11.2. The summed E-state index contributed by atoms with van der Waals surface area (Å²) in [4.78, 5) is 4.46. The first-order valence-corrected chi connectivity index (χ1v) is 6.39. The van der Waals surface area contributed by atoms with Crippen LogP contribution in [0.5, 0.6) is 0 Å². The fraction of sp³-hybridized carbons (Fsp3) is 0.643. The molecule has 0 saturated carbocycles. The minimum Gasteiger partial charge on any atom is -0.261 e. The minimum absolute atomic E-state index is 1.19. The van der Waals surface area contributed by atoms with Gasteiger partial charge in [0.2, 0.25) is 0 Å². The molecule has 0 unspecified atom stereocenters. The van der Waals surface area contributed by atoms with Crippen molar-refractivity contribution >= 4 is 0 Å². The van der Waals surface area contributed by atoms with Crippen molar-refractivity contribution in [1.29, 1.82) is 0 Å². The molecule has 1 nitrogen and oxygen atoms in total. The van der Waals surface area contributed by atoms with Crippen molar-refractivity contribution in [2.24, 2.45) is 0 Å². The standard InChI is InChI=1S/C12H17N.C2H6/c1-2-4-7-11-8-6-10-13-12(11)9-5-3-1;1-2/h6,8,10H,1-5,7,9H2;1-2H3. The Labute approximate surface area is 93.9 Å². The average Bonchev–Trinajstić information content (AvgIpc) is 2.43. The minimum atomic E-state index is 1.19. The predicted octanol–water partition coefficient (Wildman–Crippen LogP) is 4.16. The monoisotopic (exact) mass is 205 g/mol. The summed E-state index contributed by atoms with van der Waals surface area (Å²) < 4.78 is 0. The van der Waals surface area contributed by atoms with Crippen molar-refractivity contribution in [2.45, 2.75) is 58.8 Å². The van der Waals surface area contributed by atoms with Crippen molar-refractivity contribution in [2.75, 3.05) is 0 Å². The van der Waals surface area contributed by atoms with E-state index in [1.165, 1.54) is 56.2 Å². The van der Waals surface area contributed by atoms with E-state index in [2.05, 4.69) is 17.1 Å².